The minimum atomic E-state index is -4.48. The van der Waals surface area contributed by atoms with Gasteiger partial charge in [0, 0.05) is 15.4 Å². The van der Waals surface area contributed by atoms with Crippen molar-refractivity contribution in [2.45, 2.75) is 6.18 Å². The molecule has 0 aliphatic rings. The number of carboxylic acids is 1. The number of hydrogen-bond donors (Lipinski definition) is 2. The Bertz CT molecular complexity index is 1030. The molecule has 0 fully saturated rings. The number of alkyl halides is 3. The normalized spacial score (nSPS) is 11.3. The van der Waals surface area contributed by atoms with Gasteiger partial charge in [0.1, 0.15) is 5.56 Å². The summed E-state index contributed by atoms with van der Waals surface area (Å²) < 4.78 is 39.0. The van der Waals surface area contributed by atoms with Gasteiger partial charge in [-0.2, -0.15) is 13.2 Å². The summed E-state index contributed by atoms with van der Waals surface area (Å²) in [6.07, 6.45) is -4.48. The lowest BCUT2D eigenvalue weighted by atomic mass is 10.1. The molecule has 2 N–H and O–H groups in total. The minimum absolute atomic E-state index is 0.0836. The van der Waals surface area contributed by atoms with E-state index in [1.54, 1.807) is 24.3 Å². The molecule has 0 spiro atoms. The van der Waals surface area contributed by atoms with Gasteiger partial charge in [-0.15, -0.1) is 11.3 Å². The number of thiophene rings is 1. The highest BCUT2D eigenvalue weighted by Crippen LogP contribution is 2.38. The zero-order chi connectivity index (χ0) is 20.5. The maximum absolute atomic E-state index is 12.7. The first-order valence-corrected chi connectivity index (χ1v) is 9.43. The Labute approximate surface area is 169 Å². The summed E-state index contributed by atoms with van der Waals surface area (Å²) in [6, 6.07) is 10.7. The molecular weight excluding hydrogens is 459 g/mol. The molecule has 0 aliphatic carbocycles. The number of carboxylic acid groups (broad SMARTS) is 1. The van der Waals surface area contributed by atoms with Gasteiger partial charge in [-0.25, -0.2) is 4.79 Å². The molecule has 0 radical (unpaired) electrons. The van der Waals surface area contributed by atoms with Crippen LogP contribution in [0, 0.1) is 0 Å². The van der Waals surface area contributed by atoms with Crippen LogP contribution in [0.5, 0.6) is 0 Å². The molecule has 3 rings (SSSR count). The van der Waals surface area contributed by atoms with Gasteiger partial charge in [0.25, 0.3) is 5.91 Å². The molecule has 9 heteroatoms. The Morgan fingerprint density at radius 2 is 1.61 bits per heavy atom. The Balaban J connectivity index is 1.93. The molecule has 2 aromatic carbocycles. The number of benzene rings is 2. The van der Waals surface area contributed by atoms with Crippen LogP contribution in [-0.2, 0) is 6.18 Å². The molecule has 4 nitrogen and oxygen atoms in total. The minimum Gasteiger partial charge on any atom is -0.478 e. The first kappa shape index (κ1) is 20.1. The van der Waals surface area contributed by atoms with Gasteiger partial charge in [-0.05, 0) is 42.0 Å². The summed E-state index contributed by atoms with van der Waals surface area (Å²) in [6.45, 7) is 0. The van der Waals surface area contributed by atoms with Gasteiger partial charge in [-0.3, -0.25) is 4.79 Å². The second kappa shape index (κ2) is 7.76. The van der Waals surface area contributed by atoms with Crippen molar-refractivity contribution in [3.05, 3.63) is 75.1 Å². The highest BCUT2D eigenvalue weighted by Gasteiger charge is 2.30. The quantitative estimate of drug-likeness (QED) is 0.481. The molecule has 0 aliphatic heterocycles. The average Bonchev–Trinajstić information content (AvgIpc) is 3.05. The number of carbonyl (C=O) groups is 2. The van der Waals surface area contributed by atoms with E-state index in [1.807, 2.05) is 0 Å². The number of rotatable bonds is 4. The van der Waals surface area contributed by atoms with Crippen molar-refractivity contribution in [1.29, 1.82) is 0 Å². The Morgan fingerprint density at radius 3 is 2.14 bits per heavy atom. The fraction of sp³-hybridized carbons (Fsp3) is 0.0526. The molecule has 0 unspecified atom stereocenters. The molecule has 0 saturated heterocycles. The lowest BCUT2D eigenvalue weighted by Gasteiger charge is -2.08. The molecule has 1 amide bonds. The van der Waals surface area contributed by atoms with E-state index in [0.29, 0.717) is 11.1 Å². The predicted molar refractivity (Wildman–Crippen MR) is 104 cm³/mol. The Kier molecular flexibility index (Phi) is 5.57. The van der Waals surface area contributed by atoms with E-state index in [-0.39, 0.29) is 16.1 Å². The zero-order valence-electron chi connectivity index (χ0n) is 13.9. The zero-order valence-corrected chi connectivity index (χ0v) is 16.3. The highest BCUT2D eigenvalue weighted by molar-refractivity contribution is 9.10. The van der Waals surface area contributed by atoms with Crippen molar-refractivity contribution in [2.24, 2.45) is 0 Å². The van der Waals surface area contributed by atoms with Crippen molar-refractivity contribution in [2.75, 3.05) is 5.32 Å². The summed E-state index contributed by atoms with van der Waals surface area (Å²) in [5.74, 6) is -1.78. The van der Waals surface area contributed by atoms with Crippen molar-refractivity contribution in [1.82, 2.24) is 0 Å². The molecule has 3 aromatic rings. The van der Waals surface area contributed by atoms with Crippen LogP contribution >= 0.6 is 27.3 Å². The molecule has 0 bridgehead atoms. The fourth-order valence-electron chi connectivity index (χ4n) is 2.48. The van der Waals surface area contributed by atoms with Crippen LogP contribution in [0.15, 0.2) is 58.4 Å². The number of halogens is 4. The number of nitrogens with one attached hydrogen (secondary N) is 1. The third-order valence-corrected chi connectivity index (χ3v) is 5.39. The standard InChI is InChI=1S/C19H11BrF3NO3S/c20-13-7-3-11(4-8-13)17(25)24-14-9-28-16(15(14)18(26)27)10-1-5-12(6-2-10)19(21,22)23/h1-9H,(H,24,25)(H,26,27). The summed E-state index contributed by atoms with van der Waals surface area (Å²) in [5, 5.41) is 13.6. The molecule has 1 aromatic heterocycles. The van der Waals surface area contributed by atoms with Crippen molar-refractivity contribution in [3.8, 4) is 10.4 Å². The monoisotopic (exact) mass is 469 g/mol. The third-order valence-electron chi connectivity index (χ3n) is 3.83. The number of anilines is 1. The van der Waals surface area contributed by atoms with Crippen molar-refractivity contribution < 1.29 is 27.9 Å². The fourth-order valence-corrected chi connectivity index (χ4v) is 3.75. The highest BCUT2D eigenvalue weighted by atomic mass is 79.9. The maximum atomic E-state index is 12.7. The van der Waals surface area contributed by atoms with Crippen molar-refractivity contribution in [3.63, 3.8) is 0 Å². The summed E-state index contributed by atoms with van der Waals surface area (Å²) in [4.78, 5) is 24.4. The smallest absolute Gasteiger partial charge is 0.416 e. The summed E-state index contributed by atoms with van der Waals surface area (Å²) >= 11 is 4.29. The van der Waals surface area contributed by atoms with Gasteiger partial charge < -0.3 is 10.4 Å². The van der Waals surface area contributed by atoms with Gasteiger partial charge in [0.05, 0.1) is 16.1 Å². The van der Waals surface area contributed by atoms with E-state index in [0.717, 1.165) is 27.9 Å². The SMILES string of the molecule is O=C(Nc1csc(-c2ccc(C(F)(F)F)cc2)c1C(=O)O)c1ccc(Br)cc1. The second-order valence-electron chi connectivity index (χ2n) is 5.69. The molecule has 1 heterocycles. The van der Waals surface area contributed by atoms with E-state index in [1.165, 1.54) is 17.5 Å². The lowest BCUT2D eigenvalue weighted by Crippen LogP contribution is -2.13. The largest absolute Gasteiger partial charge is 0.478 e. The number of carbonyl (C=O) groups excluding carboxylic acids is 1. The first-order chi connectivity index (χ1) is 13.2. The van der Waals surface area contributed by atoms with Crippen LogP contribution in [0.25, 0.3) is 10.4 Å². The van der Waals surface area contributed by atoms with E-state index in [2.05, 4.69) is 21.2 Å². The Hall–Kier alpha value is -2.65. The Morgan fingerprint density at radius 1 is 1.00 bits per heavy atom. The number of hydrogen-bond acceptors (Lipinski definition) is 3. The van der Waals surface area contributed by atoms with Crippen LogP contribution in [0.1, 0.15) is 26.3 Å². The predicted octanol–water partition coefficient (Wildman–Crippen LogP) is 6.15. The van der Waals surface area contributed by atoms with Crippen LogP contribution in [-0.4, -0.2) is 17.0 Å². The number of aromatic carboxylic acids is 1. The van der Waals surface area contributed by atoms with Crippen LogP contribution < -0.4 is 5.32 Å². The van der Waals surface area contributed by atoms with Crippen LogP contribution in [0.3, 0.4) is 0 Å². The van der Waals surface area contributed by atoms with Gasteiger partial charge >= 0.3 is 12.1 Å². The van der Waals surface area contributed by atoms with Crippen LogP contribution in [0.2, 0.25) is 0 Å². The van der Waals surface area contributed by atoms with Gasteiger partial charge in [-0.1, -0.05) is 28.1 Å². The summed E-state index contributed by atoms with van der Waals surface area (Å²) in [7, 11) is 0. The summed E-state index contributed by atoms with van der Waals surface area (Å²) in [5.41, 5.74) is -0.259. The molecule has 144 valence electrons. The third kappa shape index (κ3) is 4.26. The lowest BCUT2D eigenvalue weighted by molar-refractivity contribution is -0.137. The van der Waals surface area contributed by atoms with Crippen molar-refractivity contribution >= 4 is 44.8 Å². The van der Waals surface area contributed by atoms with E-state index >= 15 is 0 Å². The second-order valence-corrected chi connectivity index (χ2v) is 7.49. The average molecular weight is 470 g/mol. The van der Waals surface area contributed by atoms with E-state index in [4.69, 9.17) is 0 Å². The molecule has 28 heavy (non-hydrogen) atoms. The molecule has 0 saturated carbocycles. The van der Waals surface area contributed by atoms with Gasteiger partial charge in [0.2, 0.25) is 0 Å². The molecule has 0 atom stereocenters. The van der Waals surface area contributed by atoms with Crippen LogP contribution in [0.4, 0.5) is 18.9 Å². The first-order valence-electron chi connectivity index (χ1n) is 7.76. The molecular formula is C19H11BrF3NO3S. The maximum Gasteiger partial charge on any atom is 0.416 e. The topological polar surface area (TPSA) is 66.4 Å². The van der Waals surface area contributed by atoms with Gasteiger partial charge in [0.15, 0.2) is 0 Å². The number of amides is 1. The van der Waals surface area contributed by atoms with E-state index < -0.39 is 23.6 Å². The van der Waals surface area contributed by atoms with E-state index in [9.17, 15) is 27.9 Å².